The van der Waals surface area contributed by atoms with Gasteiger partial charge in [-0.3, -0.25) is 15.1 Å². The average Bonchev–Trinajstić information content (AvgIpc) is 2.85. The van der Waals surface area contributed by atoms with Crippen molar-refractivity contribution in [3.8, 4) is 11.9 Å². The number of hydrogen-bond acceptors (Lipinski definition) is 6. The van der Waals surface area contributed by atoms with Gasteiger partial charge in [-0.2, -0.15) is 9.83 Å². The van der Waals surface area contributed by atoms with E-state index in [9.17, 15) is 9.59 Å². The maximum absolute atomic E-state index is 11.4. The highest BCUT2D eigenvalue weighted by Gasteiger charge is 2.08. The number of guanidine groups is 1. The number of hydrogen-bond donors (Lipinski definition) is 4. The lowest BCUT2D eigenvalue weighted by Gasteiger charge is -2.08. The molecule has 1 aromatic carbocycles. The van der Waals surface area contributed by atoms with Crippen molar-refractivity contribution in [2.45, 2.75) is 32.4 Å². The lowest BCUT2D eigenvalue weighted by Crippen LogP contribution is -2.39. The SMILES string of the molecule is N#CNC(=NCCCCCCOc1ccc(Cl)cc1)Nc1cc[n+](COC(=O)NCC(=O)O)cc1. The number of benzene rings is 1. The lowest BCUT2D eigenvalue weighted by atomic mass is 10.2. The van der Waals surface area contributed by atoms with Crippen LogP contribution in [-0.2, 0) is 16.3 Å². The van der Waals surface area contributed by atoms with Gasteiger partial charge in [0.2, 0.25) is 5.96 Å². The molecule has 0 radical (unpaired) electrons. The van der Waals surface area contributed by atoms with E-state index in [1.807, 2.05) is 18.3 Å². The number of carboxylic acid groups (broad SMARTS) is 1. The fraction of sp³-hybridized carbons (Fsp3) is 0.348. The van der Waals surface area contributed by atoms with E-state index in [1.165, 1.54) is 0 Å². The van der Waals surface area contributed by atoms with Gasteiger partial charge in [0.1, 0.15) is 12.3 Å². The Hall–Kier alpha value is -4.04. The van der Waals surface area contributed by atoms with E-state index in [0.29, 0.717) is 29.8 Å². The summed E-state index contributed by atoms with van der Waals surface area (Å²) in [5.74, 6) is -0.0218. The van der Waals surface area contributed by atoms with Crippen molar-refractivity contribution in [3.05, 3.63) is 53.8 Å². The van der Waals surface area contributed by atoms with Crippen LogP contribution in [0.2, 0.25) is 5.02 Å². The molecule has 35 heavy (non-hydrogen) atoms. The van der Waals surface area contributed by atoms with Crippen LogP contribution in [0.4, 0.5) is 10.5 Å². The Bertz CT molecular complexity index is 1010. The summed E-state index contributed by atoms with van der Waals surface area (Å²) in [7, 11) is 0. The Morgan fingerprint density at radius 3 is 2.49 bits per heavy atom. The molecule has 0 aliphatic heterocycles. The van der Waals surface area contributed by atoms with Gasteiger partial charge in [0.05, 0.1) is 12.3 Å². The minimum absolute atomic E-state index is 0.0894. The molecule has 186 valence electrons. The monoisotopic (exact) mass is 503 g/mol. The smallest absolute Gasteiger partial charge is 0.412 e. The standard InChI is InChI=1S/C23H27ClN6O5/c24-18-5-7-20(8-6-18)34-14-4-2-1-3-11-26-22(28-16-25)29-19-9-12-30(13-10-19)17-35-23(33)27-15-21(31)32/h5-10,12-13H,1-4,11,14-15,17H2,(H3,26,27,28,31,32,33)/p+1. The summed E-state index contributed by atoms with van der Waals surface area (Å²) in [6.07, 6.45) is 8.14. The summed E-state index contributed by atoms with van der Waals surface area (Å²) in [4.78, 5) is 26.2. The number of nitriles is 1. The van der Waals surface area contributed by atoms with Crippen LogP contribution >= 0.6 is 11.6 Å². The zero-order chi connectivity index (χ0) is 25.3. The summed E-state index contributed by atoms with van der Waals surface area (Å²) in [5, 5.41) is 25.8. The second kappa shape index (κ2) is 15.7. The number of nitrogens with one attached hydrogen (secondary N) is 3. The molecule has 0 aliphatic carbocycles. The van der Waals surface area contributed by atoms with Crippen molar-refractivity contribution in [2.75, 3.05) is 25.0 Å². The van der Waals surface area contributed by atoms with Crippen LogP contribution in [0.1, 0.15) is 25.7 Å². The molecule has 0 unspecified atom stereocenters. The molecule has 0 fully saturated rings. The predicted molar refractivity (Wildman–Crippen MR) is 129 cm³/mol. The fourth-order valence-corrected chi connectivity index (χ4v) is 2.86. The number of carboxylic acids is 1. The Morgan fingerprint density at radius 1 is 1.09 bits per heavy atom. The normalized spacial score (nSPS) is 10.7. The summed E-state index contributed by atoms with van der Waals surface area (Å²) < 4.78 is 12.1. The van der Waals surface area contributed by atoms with Gasteiger partial charge >= 0.3 is 12.1 Å². The van der Waals surface area contributed by atoms with Gasteiger partial charge in [0.25, 0.3) is 6.73 Å². The van der Waals surface area contributed by atoms with Gasteiger partial charge in [-0.05, 0) is 43.5 Å². The molecule has 2 rings (SSSR count). The predicted octanol–water partition coefficient (Wildman–Crippen LogP) is 2.87. The van der Waals surface area contributed by atoms with E-state index in [-0.39, 0.29) is 6.73 Å². The number of alkyl carbamates (subject to hydrolysis) is 1. The highest BCUT2D eigenvalue weighted by atomic mass is 35.5. The third kappa shape index (κ3) is 12.1. The van der Waals surface area contributed by atoms with Crippen molar-refractivity contribution < 1.29 is 28.7 Å². The molecule has 1 amide bonds. The van der Waals surface area contributed by atoms with Gasteiger partial charge in [0.15, 0.2) is 18.6 Å². The fourth-order valence-electron chi connectivity index (χ4n) is 2.74. The Morgan fingerprint density at radius 2 is 1.80 bits per heavy atom. The van der Waals surface area contributed by atoms with Crippen LogP contribution in [0.5, 0.6) is 5.75 Å². The molecular weight excluding hydrogens is 476 g/mol. The number of carbonyl (C=O) groups excluding carboxylic acids is 1. The zero-order valence-electron chi connectivity index (χ0n) is 19.1. The van der Waals surface area contributed by atoms with Gasteiger partial charge in [-0.15, -0.1) is 0 Å². The molecule has 0 aliphatic rings. The average molecular weight is 504 g/mol. The Kier molecular flexibility index (Phi) is 12.2. The molecule has 11 nitrogen and oxygen atoms in total. The summed E-state index contributed by atoms with van der Waals surface area (Å²) >= 11 is 5.85. The summed E-state index contributed by atoms with van der Waals surface area (Å²) in [6, 6.07) is 10.7. The van der Waals surface area contributed by atoms with Crippen LogP contribution in [0, 0.1) is 11.5 Å². The van der Waals surface area contributed by atoms with Gasteiger partial charge in [-0.1, -0.05) is 18.0 Å². The van der Waals surface area contributed by atoms with Crippen LogP contribution in [0.25, 0.3) is 0 Å². The Labute approximate surface area is 208 Å². The van der Waals surface area contributed by atoms with E-state index in [4.69, 9.17) is 31.4 Å². The molecule has 12 heteroatoms. The number of unbranched alkanes of at least 4 members (excludes halogenated alkanes) is 3. The number of ether oxygens (including phenoxy) is 2. The van der Waals surface area contributed by atoms with Crippen LogP contribution < -0.4 is 25.3 Å². The molecule has 4 N–H and O–H groups in total. The maximum atomic E-state index is 11.4. The first-order valence-corrected chi connectivity index (χ1v) is 11.3. The Balaban J connectivity index is 1.66. The van der Waals surface area contributed by atoms with E-state index >= 15 is 0 Å². The number of rotatable bonds is 13. The first kappa shape index (κ1) is 27.2. The van der Waals surface area contributed by atoms with Gasteiger partial charge in [-0.25, -0.2) is 4.79 Å². The number of nitrogens with zero attached hydrogens (tertiary/aromatic N) is 3. The van der Waals surface area contributed by atoms with E-state index < -0.39 is 18.6 Å². The number of aromatic nitrogens is 1. The second-order valence-electron chi connectivity index (χ2n) is 7.22. The number of aliphatic imine (C=N–C) groups is 1. The molecule has 0 atom stereocenters. The van der Waals surface area contributed by atoms with E-state index in [0.717, 1.165) is 31.4 Å². The first-order valence-electron chi connectivity index (χ1n) is 10.9. The largest absolute Gasteiger partial charge is 0.494 e. The number of pyridine rings is 1. The van der Waals surface area contributed by atoms with Crippen molar-refractivity contribution in [2.24, 2.45) is 4.99 Å². The van der Waals surface area contributed by atoms with Crippen molar-refractivity contribution in [3.63, 3.8) is 0 Å². The van der Waals surface area contributed by atoms with Crippen LogP contribution in [0.3, 0.4) is 0 Å². The number of amides is 1. The maximum Gasteiger partial charge on any atom is 0.412 e. The zero-order valence-corrected chi connectivity index (χ0v) is 19.8. The topological polar surface area (TPSA) is 149 Å². The van der Waals surface area contributed by atoms with E-state index in [1.54, 1.807) is 41.2 Å². The molecule has 1 heterocycles. The number of halogens is 1. The quantitative estimate of drug-likeness (QED) is 0.0813. The summed E-state index contributed by atoms with van der Waals surface area (Å²) in [6.45, 7) is 0.591. The second-order valence-corrected chi connectivity index (χ2v) is 7.65. The van der Waals surface area contributed by atoms with Crippen LogP contribution in [0.15, 0.2) is 53.8 Å². The van der Waals surface area contributed by atoms with E-state index in [2.05, 4.69) is 20.9 Å². The molecule has 0 saturated carbocycles. The molecule has 2 aromatic rings. The molecular formula is C23H28ClN6O5+. The number of anilines is 1. The minimum atomic E-state index is -1.16. The number of carbonyl (C=O) groups is 2. The number of aliphatic carboxylic acids is 1. The van der Waals surface area contributed by atoms with Gasteiger partial charge in [0, 0.05) is 23.7 Å². The molecule has 0 saturated heterocycles. The van der Waals surface area contributed by atoms with Crippen LogP contribution in [-0.4, -0.2) is 42.8 Å². The highest BCUT2D eigenvalue weighted by molar-refractivity contribution is 6.30. The highest BCUT2D eigenvalue weighted by Crippen LogP contribution is 2.16. The third-order valence-corrected chi connectivity index (χ3v) is 4.71. The third-order valence-electron chi connectivity index (χ3n) is 4.46. The van der Waals surface area contributed by atoms with Crippen molar-refractivity contribution in [1.82, 2.24) is 10.6 Å². The summed E-state index contributed by atoms with van der Waals surface area (Å²) in [5.41, 5.74) is 0.678. The lowest BCUT2D eigenvalue weighted by molar-refractivity contribution is -0.727. The van der Waals surface area contributed by atoms with Gasteiger partial charge < -0.3 is 25.2 Å². The first-order chi connectivity index (χ1) is 17.0. The molecule has 0 bridgehead atoms. The van der Waals surface area contributed by atoms with Crippen molar-refractivity contribution >= 4 is 35.3 Å². The molecule has 0 spiro atoms. The van der Waals surface area contributed by atoms with Crippen molar-refractivity contribution in [1.29, 1.82) is 5.26 Å². The minimum Gasteiger partial charge on any atom is -0.494 e. The molecule has 1 aromatic heterocycles.